The van der Waals surface area contributed by atoms with E-state index < -0.39 is 0 Å². The number of nitrogen functional groups attached to an aromatic ring is 1. The molecule has 3 rings (SSSR count). The topological polar surface area (TPSA) is 51.8 Å². The van der Waals surface area contributed by atoms with Crippen LogP contribution in [0.5, 0.6) is 0 Å². The summed E-state index contributed by atoms with van der Waals surface area (Å²) in [6.45, 7) is 0. The van der Waals surface area contributed by atoms with Gasteiger partial charge < -0.3 is 5.73 Å². The van der Waals surface area contributed by atoms with Crippen LogP contribution >= 0.6 is 22.9 Å². The van der Waals surface area contributed by atoms with Crippen LogP contribution in [0.1, 0.15) is 0 Å². The van der Waals surface area contributed by atoms with Crippen molar-refractivity contribution in [3.05, 3.63) is 41.6 Å². The zero-order valence-electron chi connectivity index (χ0n) is 8.72. The molecule has 3 nitrogen and oxygen atoms in total. The summed E-state index contributed by atoms with van der Waals surface area (Å²) in [4.78, 5) is 9.67. The van der Waals surface area contributed by atoms with Gasteiger partial charge in [0.1, 0.15) is 15.4 Å². The molecule has 84 valence electrons. The third-order valence-corrected chi connectivity index (χ3v) is 3.79. The number of hydrogen-bond acceptors (Lipinski definition) is 4. The number of benzene rings is 1. The number of aromatic nitrogens is 2. The predicted octanol–water partition coefficient (Wildman–Crippen LogP) is 3.59. The molecule has 3 aromatic rings. The van der Waals surface area contributed by atoms with Crippen molar-refractivity contribution in [2.45, 2.75) is 0 Å². The fourth-order valence-corrected chi connectivity index (χ4v) is 2.73. The Morgan fingerprint density at radius 2 is 2.06 bits per heavy atom. The van der Waals surface area contributed by atoms with Crippen molar-refractivity contribution in [1.82, 2.24) is 9.97 Å². The van der Waals surface area contributed by atoms with Crippen LogP contribution in [0.15, 0.2) is 36.5 Å². The lowest BCUT2D eigenvalue weighted by Gasteiger charge is -2.02. The Morgan fingerprint density at radius 3 is 2.88 bits per heavy atom. The van der Waals surface area contributed by atoms with E-state index in [0.29, 0.717) is 10.7 Å². The first-order valence-electron chi connectivity index (χ1n) is 5.01. The third-order valence-electron chi connectivity index (χ3n) is 2.45. The molecule has 1 aromatic carbocycles. The molecule has 0 amide bonds. The second kappa shape index (κ2) is 3.98. The molecule has 0 aliphatic rings. The second-order valence-corrected chi connectivity index (χ2v) is 4.93. The first-order valence-corrected chi connectivity index (χ1v) is 6.21. The lowest BCUT2D eigenvalue weighted by molar-refractivity contribution is 1.41. The summed E-state index contributed by atoms with van der Waals surface area (Å²) in [5.41, 5.74) is 8.26. The smallest absolute Gasteiger partial charge is 0.143 e. The Labute approximate surface area is 107 Å². The zero-order chi connectivity index (χ0) is 11.8. The van der Waals surface area contributed by atoms with Gasteiger partial charge in [-0.25, -0.2) is 9.97 Å². The number of fused-ring (bicyclic) bond motifs is 1. The molecule has 5 heteroatoms. The van der Waals surface area contributed by atoms with Crippen LogP contribution < -0.4 is 5.73 Å². The quantitative estimate of drug-likeness (QED) is 0.681. The van der Waals surface area contributed by atoms with E-state index in [1.807, 2.05) is 24.3 Å². The highest BCUT2D eigenvalue weighted by molar-refractivity contribution is 7.21. The van der Waals surface area contributed by atoms with E-state index in [1.165, 1.54) is 11.3 Å². The molecule has 2 heterocycles. The highest BCUT2D eigenvalue weighted by Gasteiger charge is 2.11. The van der Waals surface area contributed by atoms with Gasteiger partial charge in [-0.3, -0.25) is 0 Å². The van der Waals surface area contributed by atoms with Crippen molar-refractivity contribution < 1.29 is 0 Å². The van der Waals surface area contributed by atoms with Crippen molar-refractivity contribution in [1.29, 1.82) is 0 Å². The van der Waals surface area contributed by atoms with Crippen LogP contribution in [-0.2, 0) is 0 Å². The second-order valence-electron chi connectivity index (χ2n) is 3.55. The summed E-state index contributed by atoms with van der Waals surface area (Å²) < 4.78 is 0. The molecule has 0 fully saturated rings. The van der Waals surface area contributed by atoms with Crippen molar-refractivity contribution in [3.63, 3.8) is 0 Å². The molecule has 0 radical (unpaired) electrons. The summed E-state index contributed by atoms with van der Waals surface area (Å²) in [5.74, 6) is 0. The molecule has 0 saturated carbocycles. The van der Waals surface area contributed by atoms with Crippen molar-refractivity contribution in [2.24, 2.45) is 0 Å². The van der Waals surface area contributed by atoms with Gasteiger partial charge in [0.25, 0.3) is 0 Å². The van der Waals surface area contributed by atoms with E-state index in [1.54, 1.807) is 12.3 Å². The van der Waals surface area contributed by atoms with Gasteiger partial charge in [-0.15, -0.1) is 0 Å². The number of pyridine rings is 1. The van der Waals surface area contributed by atoms with Crippen LogP contribution in [0.3, 0.4) is 0 Å². The number of halogens is 1. The number of nitrogens with zero attached hydrogens (tertiary/aromatic N) is 2. The number of para-hydroxylation sites is 1. The Morgan fingerprint density at radius 1 is 1.18 bits per heavy atom. The minimum absolute atomic E-state index is 0.551. The first-order chi connectivity index (χ1) is 8.25. The van der Waals surface area contributed by atoms with Crippen molar-refractivity contribution in [2.75, 3.05) is 5.73 Å². The molecule has 0 bridgehead atoms. The molecular weight excluding hydrogens is 254 g/mol. The fraction of sp³-hybridized carbons (Fsp3) is 0. The highest BCUT2D eigenvalue weighted by Crippen LogP contribution is 2.35. The fourth-order valence-electron chi connectivity index (χ4n) is 1.61. The zero-order valence-corrected chi connectivity index (χ0v) is 10.3. The minimum Gasteiger partial charge on any atom is -0.397 e. The number of hydrogen-bond donors (Lipinski definition) is 1. The normalized spacial score (nSPS) is 10.9. The molecule has 2 aromatic heterocycles. The standard InChI is InChI=1S/C12H8ClN3S/c13-8-4-1-3-7(10(8)14)11-16-9-5-2-6-15-12(9)17-11/h1-6H,14H2. The van der Waals surface area contributed by atoms with Crippen LogP contribution in [0.25, 0.3) is 20.9 Å². The van der Waals surface area contributed by atoms with Gasteiger partial charge in [-0.2, -0.15) is 0 Å². The first kappa shape index (κ1) is 10.5. The van der Waals surface area contributed by atoms with E-state index in [0.717, 1.165) is 20.9 Å². The van der Waals surface area contributed by atoms with Crippen LogP contribution in [-0.4, -0.2) is 9.97 Å². The molecule has 0 aliphatic heterocycles. The summed E-state index contributed by atoms with van der Waals surface area (Å²) in [6.07, 6.45) is 1.76. The van der Waals surface area contributed by atoms with Gasteiger partial charge in [-0.1, -0.05) is 29.0 Å². The van der Waals surface area contributed by atoms with Gasteiger partial charge in [0.2, 0.25) is 0 Å². The molecular formula is C12H8ClN3S. The average molecular weight is 262 g/mol. The number of nitrogens with two attached hydrogens (primary N) is 1. The average Bonchev–Trinajstić information content (AvgIpc) is 2.76. The minimum atomic E-state index is 0.551. The Hall–Kier alpha value is -1.65. The molecule has 0 spiro atoms. The van der Waals surface area contributed by atoms with Crippen molar-refractivity contribution in [3.8, 4) is 10.6 Å². The molecule has 0 unspecified atom stereocenters. The molecule has 0 saturated heterocycles. The van der Waals surface area contributed by atoms with Crippen molar-refractivity contribution >= 4 is 39.0 Å². The largest absolute Gasteiger partial charge is 0.397 e. The van der Waals surface area contributed by atoms with Gasteiger partial charge in [-0.05, 0) is 24.3 Å². The maximum atomic E-state index is 6.00. The maximum Gasteiger partial charge on any atom is 0.143 e. The van der Waals surface area contributed by atoms with Crippen LogP contribution in [0.4, 0.5) is 5.69 Å². The monoisotopic (exact) mass is 261 g/mol. The summed E-state index contributed by atoms with van der Waals surface area (Å²) in [7, 11) is 0. The van der Waals surface area contributed by atoms with E-state index in [2.05, 4.69) is 9.97 Å². The Balaban J connectivity index is 2.24. The van der Waals surface area contributed by atoms with Gasteiger partial charge >= 0.3 is 0 Å². The van der Waals surface area contributed by atoms with Gasteiger partial charge in [0, 0.05) is 11.8 Å². The molecule has 0 aliphatic carbocycles. The lowest BCUT2D eigenvalue weighted by Crippen LogP contribution is -1.90. The van der Waals surface area contributed by atoms with Crippen LogP contribution in [0, 0.1) is 0 Å². The van der Waals surface area contributed by atoms with E-state index in [-0.39, 0.29) is 0 Å². The maximum absolute atomic E-state index is 6.00. The number of thiazole rings is 1. The summed E-state index contributed by atoms with van der Waals surface area (Å²) in [6, 6.07) is 9.36. The van der Waals surface area contributed by atoms with E-state index in [4.69, 9.17) is 17.3 Å². The molecule has 2 N–H and O–H groups in total. The third kappa shape index (κ3) is 1.75. The summed E-state index contributed by atoms with van der Waals surface area (Å²) in [5, 5.41) is 1.40. The van der Waals surface area contributed by atoms with E-state index >= 15 is 0 Å². The Bertz CT molecular complexity index is 660. The highest BCUT2D eigenvalue weighted by atomic mass is 35.5. The van der Waals surface area contributed by atoms with E-state index in [9.17, 15) is 0 Å². The number of anilines is 1. The summed E-state index contributed by atoms with van der Waals surface area (Å²) >= 11 is 7.51. The number of rotatable bonds is 1. The van der Waals surface area contributed by atoms with Gasteiger partial charge in [0.05, 0.1) is 10.7 Å². The molecule has 0 atom stereocenters. The van der Waals surface area contributed by atoms with Crippen LogP contribution in [0.2, 0.25) is 5.02 Å². The SMILES string of the molecule is Nc1c(Cl)cccc1-c1nc2cccnc2s1. The predicted molar refractivity (Wildman–Crippen MR) is 72.3 cm³/mol. The van der Waals surface area contributed by atoms with Gasteiger partial charge in [0.15, 0.2) is 0 Å². The molecule has 17 heavy (non-hydrogen) atoms. The Kier molecular flexibility index (Phi) is 2.46. The lowest BCUT2D eigenvalue weighted by atomic mass is 10.2.